The lowest BCUT2D eigenvalue weighted by molar-refractivity contribution is -0.149. The van der Waals surface area contributed by atoms with Gasteiger partial charge in [0.2, 0.25) is 5.91 Å². The molecule has 0 rings (SSSR count). The second-order valence-corrected chi connectivity index (χ2v) is 12.4. The van der Waals surface area contributed by atoms with Crippen LogP contribution < -0.4 is 5.32 Å². The molecule has 0 aliphatic heterocycles. The van der Waals surface area contributed by atoms with E-state index in [0.717, 1.165) is 116 Å². The van der Waals surface area contributed by atoms with Gasteiger partial charge in [-0.2, -0.15) is 0 Å². The van der Waals surface area contributed by atoms with E-state index in [1.165, 1.54) is 0 Å². The highest BCUT2D eigenvalue weighted by Crippen LogP contribution is 2.17. The first kappa shape index (κ1) is 46.3. The SMILES string of the molecule is CC/C=C\C/C=C\C/C=C\C/C=C\CCCCC(CCCCCCCC(=O)NCC(=O)O)OC(=O)CC/C=C\C/C=C\C/C=C\C/C=C\CC. The third kappa shape index (κ3) is 37.2. The van der Waals surface area contributed by atoms with Gasteiger partial charge in [-0.3, -0.25) is 14.4 Å². The normalized spacial score (nSPS) is 13.2. The summed E-state index contributed by atoms with van der Waals surface area (Å²) in [4.78, 5) is 34.9. The lowest BCUT2D eigenvalue weighted by Gasteiger charge is -2.18. The van der Waals surface area contributed by atoms with E-state index in [2.05, 4.69) is 116 Å². The summed E-state index contributed by atoms with van der Waals surface area (Å²) in [6.07, 6.45) is 53.8. The van der Waals surface area contributed by atoms with Gasteiger partial charge < -0.3 is 15.2 Å². The third-order valence-electron chi connectivity index (χ3n) is 7.76. The van der Waals surface area contributed by atoms with Crippen LogP contribution in [0.4, 0.5) is 0 Å². The average molecular weight is 692 g/mol. The van der Waals surface area contributed by atoms with Gasteiger partial charge in [-0.25, -0.2) is 0 Å². The highest BCUT2D eigenvalue weighted by atomic mass is 16.5. The van der Waals surface area contributed by atoms with Crippen LogP contribution in [0.5, 0.6) is 0 Å². The number of carbonyl (C=O) groups excluding carboxylic acids is 2. The first-order valence-electron chi connectivity index (χ1n) is 19.4. The Bertz CT molecular complexity index is 1080. The number of carbonyl (C=O) groups is 3. The Morgan fingerprint density at radius 3 is 1.44 bits per heavy atom. The van der Waals surface area contributed by atoms with Crippen molar-refractivity contribution in [1.29, 1.82) is 0 Å². The number of unbranched alkanes of at least 4 members (excludes halogenated alkanes) is 6. The Hall–Kier alpha value is -3.67. The second kappa shape index (κ2) is 38.1. The van der Waals surface area contributed by atoms with Gasteiger partial charge in [-0.1, -0.05) is 130 Å². The molecular formula is C44H69NO5. The Morgan fingerprint density at radius 2 is 0.940 bits per heavy atom. The number of carboxylic acids is 1. The Balaban J connectivity index is 4.45. The Labute approximate surface area is 305 Å². The molecule has 0 saturated heterocycles. The van der Waals surface area contributed by atoms with Gasteiger partial charge >= 0.3 is 11.9 Å². The van der Waals surface area contributed by atoms with Crippen LogP contribution in [0.15, 0.2) is 97.2 Å². The summed E-state index contributed by atoms with van der Waals surface area (Å²) in [6, 6.07) is 0. The zero-order chi connectivity index (χ0) is 36.6. The van der Waals surface area contributed by atoms with Crippen molar-refractivity contribution in [2.24, 2.45) is 0 Å². The summed E-state index contributed by atoms with van der Waals surface area (Å²) in [6.45, 7) is 3.96. The molecule has 0 spiro atoms. The molecule has 1 unspecified atom stereocenters. The molecule has 0 heterocycles. The number of nitrogens with one attached hydrogen (secondary N) is 1. The van der Waals surface area contributed by atoms with Crippen LogP contribution in [-0.4, -0.2) is 35.6 Å². The van der Waals surface area contributed by atoms with Crippen molar-refractivity contribution < 1.29 is 24.2 Å². The molecule has 1 atom stereocenters. The van der Waals surface area contributed by atoms with E-state index < -0.39 is 5.97 Å². The van der Waals surface area contributed by atoms with Crippen LogP contribution in [-0.2, 0) is 19.1 Å². The highest BCUT2D eigenvalue weighted by molar-refractivity contribution is 5.80. The Morgan fingerprint density at radius 1 is 0.520 bits per heavy atom. The monoisotopic (exact) mass is 692 g/mol. The molecule has 0 aliphatic rings. The van der Waals surface area contributed by atoms with Crippen LogP contribution in [0.3, 0.4) is 0 Å². The topological polar surface area (TPSA) is 92.7 Å². The maximum absolute atomic E-state index is 12.7. The number of allylic oxidation sites excluding steroid dienone is 16. The van der Waals surface area contributed by atoms with Crippen molar-refractivity contribution in [3.05, 3.63) is 97.2 Å². The quantitative estimate of drug-likeness (QED) is 0.0406. The molecule has 50 heavy (non-hydrogen) atoms. The predicted molar refractivity (Wildman–Crippen MR) is 212 cm³/mol. The molecule has 0 bridgehead atoms. The number of esters is 1. The second-order valence-electron chi connectivity index (χ2n) is 12.4. The van der Waals surface area contributed by atoms with Crippen molar-refractivity contribution in [2.45, 2.75) is 155 Å². The van der Waals surface area contributed by atoms with Crippen LogP contribution in [0.25, 0.3) is 0 Å². The highest BCUT2D eigenvalue weighted by Gasteiger charge is 2.14. The molecule has 0 aromatic rings. The minimum absolute atomic E-state index is 0.0563. The molecule has 6 nitrogen and oxygen atoms in total. The first-order valence-corrected chi connectivity index (χ1v) is 19.4. The maximum atomic E-state index is 12.7. The van der Waals surface area contributed by atoms with Crippen LogP contribution in [0, 0.1) is 0 Å². The van der Waals surface area contributed by atoms with Crippen molar-refractivity contribution >= 4 is 17.8 Å². The van der Waals surface area contributed by atoms with Crippen molar-refractivity contribution in [3.8, 4) is 0 Å². The van der Waals surface area contributed by atoms with Gasteiger partial charge in [0.15, 0.2) is 0 Å². The van der Waals surface area contributed by atoms with E-state index in [9.17, 15) is 14.4 Å². The van der Waals surface area contributed by atoms with E-state index in [-0.39, 0.29) is 24.5 Å². The smallest absolute Gasteiger partial charge is 0.322 e. The maximum Gasteiger partial charge on any atom is 0.322 e. The van der Waals surface area contributed by atoms with E-state index in [4.69, 9.17) is 9.84 Å². The first-order chi connectivity index (χ1) is 24.5. The molecule has 0 saturated carbocycles. The standard InChI is InChI=1S/C44H69NO5/c1-3-5-7-9-11-13-15-17-18-20-21-23-25-28-32-36-41(37-33-29-27-30-34-38-42(46)45-40-43(47)48)50-44(49)39-35-31-26-24-22-19-16-14-12-10-8-6-4-2/h5-8,11-14,17-19,21-23,26,31,41H,3-4,9-10,15-16,20,24-25,27-30,32-40H2,1-2H3,(H,45,46)(H,47,48)/b7-5-,8-6-,13-11-,14-12-,18-17-,22-19-,23-21-,31-26-. The molecular weight excluding hydrogens is 622 g/mol. The number of rotatable bonds is 33. The van der Waals surface area contributed by atoms with E-state index in [1.54, 1.807) is 0 Å². The molecule has 1 amide bonds. The molecule has 280 valence electrons. The summed E-state index contributed by atoms with van der Waals surface area (Å²) >= 11 is 0. The molecule has 2 N–H and O–H groups in total. The minimum Gasteiger partial charge on any atom is -0.480 e. The third-order valence-corrected chi connectivity index (χ3v) is 7.76. The van der Waals surface area contributed by atoms with E-state index in [1.807, 2.05) is 0 Å². The average Bonchev–Trinajstić information content (AvgIpc) is 3.10. The zero-order valence-corrected chi connectivity index (χ0v) is 31.5. The molecule has 0 aliphatic carbocycles. The fourth-order valence-corrected chi connectivity index (χ4v) is 4.99. The largest absolute Gasteiger partial charge is 0.480 e. The lowest BCUT2D eigenvalue weighted by atomic mass is 10.0. The summed E-state index contributed by atoms with van der Waals surface area (Å²) < 4.78 is 5.95. The summed E-state index contributed by atoms with van der Waals surface area (Å²) in [5.74, 6) is -1.36. The van der Waals surface area contributed by atoms with Crippen LogP contribution >= 0.6 is 0 Å². The van der Waals surface area contributed by atoms with Crippen molar-refractivity contribution in [1.82, 2.24) is 5.32 Å². The fraction of sp³-hybridized carbons (Fsp3) is 0.568. The number of hydrogen-bond acceptors (Lipinski definition) is 4. The molecule has 0 fully saturated rings. The summed E-state index contributed by atoms with van der Waals surface area (Å²) in [5, 5.41) is 11.1. The summed E-state index contributed by atoms with van der Waals surface area (Å²) in [7, 11) is 0. The predicted octanol–water partition coefficient (Wildman–Crippen LogP) is 11.8. The molecule has 0 aromatic heterocycles. The van der Waals surface area contributed by atoms with Crippen molar-refractivity contribution in [3.63, 3.8) is 0 Å². The minimum atomic E-state index is -1.03. The number of carboxylic acid groups (broad SMARTS) is 1. The molecule has 0 radical (unpaired) electrons. The van der Waals surface area contributed by atoms with E-state index >= 15 is 0 Å². The van der Waals surface area contributed by atoms with Gasteiger partial charge in [0, 0.05) is 12.8 Å². The van der Waals surface area contributed by atoms with Crippen LogP contribution in [0.1, 0.15) is 149 Å². The van der Waals surface area contributed by atoms with Gasteiger partial charge in [0.05, 0.1) is 0 Å². The Kier molecular flexibility index (Phi) is 35.3. The molecule has 0 aromatic carbocycles. The number of aliphatic carboxylic acids is 1. The van der Waals surface area contributed by atoms with E-state index in [0.29, 0.717) is 19.3 Å². The number of ether oxygens (including phenoxy) is 1. The van der Waals surface area contributed by atoms with Crippen LogP contribution in [0.2, 0.25) is 0 Å². The van der Waals surface area contributed by atoms with Gasteiger partial charge in [0.25, 0.3) is 0 Å². The van der Waals surface area contributed by atoms with Crippen molar-refractivity contribution in [2.75, 3.05) is 6.54 Å². The zero-order valence-electron chi connectivity index (χ0n) is 31.5. The lowest BCUT2D eigenvalue weighted by Crippen LogP contribution is -2.28. The number of amides is 1. The van der Waals surface area contributed by atoms with Gasteiger partial charge in [-0.15, -0.1) is 0 Å². The molecule has 6 heteroatoms. The number of hydrogen-bond donors (Lipinski definition) is 2. The van der Waals surface area contributed by atoms with Gasteiger partial charge in [-0.05, 0) is 103 Å². The van der Waals surface area contributed by atoms with Gasteiger partial charge in [0.1, 0.15) is 12.6 Å². The fourth-order valence-electron chi connectivity index (χ4n) is 4.99. The summed E-state index contributed by atoms with van der Waals surface area (Å²) in [5.41, 5.74) is 0.